The minimum atomic E-state index is -0.171. The highest BCUT2D eigenvalue weighted by molar-refractivity contribution is 9.10. The fourth-order valence-corrected chi connectivity index (χ4v) is 1.05. The van der Waals surface area contributed by atoms with Crippen LogP contribution in [0.25, 0.3) is 0 Å². The van der Waals surface area contributed by atoms with Gasteiger partial charge in [0.2, 0.25) is 5.78 Å². The van der Waals surface area contributed by atoms with E-state index in [0.717, 1.165) is 12.0 Å². The van der Waals surface area contributed by atoms with Gasteiger partial charge < -0.3 is 0 Å². The van der Waals surface area contributed by atoms with Crippen molar-refractivity contribution in [3.8, 4) is 0 Å². The molecule has 0 radical (unpaired) electrons. The lowest BCUT2D eigenvalue weighted by Crippen LogP contribution is -2.16. The van der Waals surface area contributed by atoms with Gasteiger partial charge in [0.15, 0.2) is 5.82 Å². The summed E-state index contributed by atoms with van der Waals surface area (Å²) in [5.74, 6) is 0.233. The number of carbonyl (C=O) groups is 1. The van der Waals surface area contributed by atoms with Gasteiger partial charge in [-0.25, -0.2) is 9.97 Å². The Labute approximate surface area is 85.7 Å². The summed E-state index contributed by atoms with van der Waals surface area (Å²) in [5.41, 5.74) is 0.958. The molecule has 0 aromatic carbocycles. The Kier molecular flexibility index (Phi) is 3.54. The van der Waals surface area contributed by atoms with Gasteiger partial charge in [-0.2, -0.15) is 0 Å². The second-order valence-electron chi connectivity index (χ2n) is 2.82. The van der Waals surface area contributed by atoms with E-state index in [-0.39, 0.29) is 16.4 Å². The quantitative estimate of drug-likeness (QED) is 0.603. The van der Waals surface area contributed by atoms with Gasteiger partial charge in [-0.1, -0.05) is 22.9 Å². The molecule has 0 aliphatic carbocycles. The van der Waals surface area contributed by atoms with Crippen LogP contribution in [0.4, 0.5) is 0 Å². The molecule has 0 amide bonds. The third-order valence-corrected chi connectivity index (χ3v) is 2.71. The first-order chi connectivity index (χ1) is 6.15. The molecule has 0 N–H and O–H groups in total. The Bertz CT molecular complexity index is 297. The maximum absolute atomic E-state index is 11.5. The van der Waals surface area contributed by atoms with Crippen molar-refractivity contribution < 1.29 is 4.79 Å². The van der Waals surface area contributed by atoms with E-state index in [9.17, 15) is 4.79 Å². The van der Waals surface area contributed by atoms with E-state index in [1.807, 2.05) is 13.8 Å². The van der Waals surface area contributed by atoms with Crippen molar-refractivity contribution in [2.75, 3.05) is 0 Å². The van der Waals surface area contributed by atoms with Crippen LogP contribution in [0.2, 0.25) is 0 Å². The molecule has 0 spiro atoms. The zero-order valence-corrected chi connectivity index (χ0v) is 9.21. The zero-order valence-electron chi connectivity index (χ0n) is 7.62. The molecule has 0 saturated heterocycles. The second-order valence-corrected chi connectivity index (χ2v) is 3.93. The molecule has 4 heteroatoms. The summed E-state index contributed by atoms with van der Waals surface area (Å²) in [4.78, 5) is 19.3. The van der Waals surface area contributed by atoms with Crippen LogP contribution in [0.5, 0.6) is 0 Å². The van der Waals surface area contributed by atoms with Crippen molar-refractivity contribution in [3.63, 3.8) is 0 Å². The lowest BCUT2D eigenvalue weighted by Gasteiger charge is -2.03. The van der Waals surface area contributed by atoms with Crippen molar-refractivity contribution in [1.29, 1.82) is 0 Å². The first kappa shape index (κ1) is 10.3. The number of aryl methyl sites for hydroxylation is 1. The molecule has 1 aromatic rings. The Hall–Kier alpha value is -0.770. The van der Waals surface area contributed by atoms with E-state index in [1.165, 1.54) is 0 Å². The summed E-state index contributed by atoms with van der Waals surface area (Å²) in [5, 5.41) is 0. The van der Waals surface area contributed by atoms with Gasteiger partial charge in [-0.05, 0) is 18.9 Å². The second kappa shape index (κ2) is 4.46. The number of hydrogen-bond acceptors (Lipinski definition) is 3. The molecule has 0 aliphatic rings. The molecule has 0 bridgehead atoms. The Morgan fingerprint density at radius 1 is 1.54 bits per heavy atom. The van der Waals surface area contributed by atoms with E-state index in [4.69, 9.17) is 0 Å². The molecular weight excluding hydrogens is 232 g/mol. The monoisotopic (exact) mass is 242 g/mol. The Morgan fingerprint density at radius 3 is 2.54 bits per heavy atom. The highest BCUT2D eigenvalue weighted by Crippen LogP contribution is 2.09. The third-order valence-electron chi connectivity index (χ3n) is 1.64. The third kappa shape index (κ3) is 2.59. The molecule has 1 atom stereocenters. The van der Waals surface area contributed by atoms with E-state index in [1.54, 1.807) is 12.4 Å². The normalized spacial score (nSPS) is 12.5. The molecule has 1 unspecified atom stereocenters. The van der Waals surface area contributed by atoms with Crippen molar-refractivity contribution >= 4 is 21.7 Å². The number of Topliss-reactive ketones (excluding diaryl/α,β-unsaturated/α-hetero) is 1. The number of rotatable bonds is 3. The summed E-state index contributed by atoms with van der Waals surface area (Å²) >= 11 is 3.27. The van der Waals surface area contributed by atoms with Crippen molar-refractivity contribution in [1.82, 2.24) is 9.97 Å². The van der Waals surface area contributed by atoms with Crippen molar-refractivity contribution in [3.05, 3.63) is 23.8 Å². The predicted molar refractivity (Wildman–Crippen MR) is 54.1 cm³/mol. The lowest BCUT2D eigenvalue weighted by molar-refractivity contribution is 0.0980. The number of alkyl halides is 1. The average molecular weight is 243 g/mol. The van der Waals surface area contributed by atoms with Crippen LogP contribution in [0.1, 0.15) is 29.5 Å². The summed E-state index contributed by atoms with van der Waals surface area (Å²) in [6.45, 7) is 3.82. The van der Waals surface area contributed by atoms with Gasteiger partial charge >= 0.3 is 0 Å². The zero-order chi connectivity index (χ0) is 9.84. The molecular formula is C9H11BrN2O. The van der Waals surface area contributed by atoms with Crippen molar-refractivity contribution in [2.45, 2.75) is 25.1 Å². The SMILES string of the molecule is CCC(Br)C(=O)c1ncc(C)cn1. The molecule has 3 nitrogen and oxygen atoms in total. The number of ketones is 1. The first-order valence-electron chi connectivity index (χ1n) is 4.12. The fourth-order valence-electron chi connectivity index (χ4n) is 0.845. The first-order valence-corrected chi connectivity index (χ1v) is 5.03. The fraction of sp³-hybridized carbons (Fsp3) is 0.444. The number of hydrogen-bond donors (Lipinski definition) is 0. The van der Waals surface area contributed by atoms with Crippen LogP contribution in [0.15, 0.2) is 12.4 Å². The van der Waals surface area contributed by atoms with Crippen LogP contribution < -0.4 is 0 Å². The van der Waals surface area contributed by atoms with Crippen LogP contribution in [-0.4, -0.2) is 20.6 Å². The van der Waals surface area contributed by atoms with Gasteiger partial charge in [-0.15, -0.1) is 0 Å². The maximum Gasteiger partial charge on any atom is 0.213 e. The lowest BCUT2D eigenvalue weighted by atomic mass is 10.2. The largest absolute Gasteiger partial charge is 0.289 e. The Balaban J connectivity index is 2.83. The minimum Gasteiger partial charge on any atom is -0.289 e. The standard InChI is InChI=1S/C9H11BrN2O/c1-3-7(10)8(13)9-11-4-6(2)5-12-9/h4-5,7H,3H2,1-2H3. The van der Waals surface area contributed by atoms with Crippen molar-refractivity contribution in [2.24, 2.45) is 0 Å². The summed E-state index contributed by atoms with van der Waals surface area (Å²) in [6, 6.07) is 0. The molecule has 0 fully saturated rings. The number of carbonyl (C=O) groups excluding carboxylic acids is 1. The molecule has 0 aliphatic heterocycles. The van der Waals surface area contributed by atoms with Crippen LogP contribution in [0, 0.1) is 6.92 Å². The molecule has 1 heterocycles. The van der Waals surface area contributed by atoms with Gasteiger partial charge in [0, 0.05) is 12.4 Å². The van der Waals surface area contributed by atoms with Gasteiger partial charge in [0.1, 0.15) is 0 Å². The minimum absolute atomic E-state index is 0.0532. The Morgan fingerprint density at radius 2 is 2.08 bits per heavy atom. The highest BCUT2D eigenvalue weighted by atomic mass is 79.9. The van der Waals surface area contributed by atoms with E-state index >= 15 is 0 Å². The topological polar surface area (TPSA) is 42.9 Å². The highest BCUT2D eigenvalue weighted by Gasteiger charge is 2.16. The smallest absolute Gasteiger partial charge is 0.213 e. The van der Waals surface area contributed by atoms with Crippen LogP contribution >= 0.6 is 15.9 Å². The molecule has 1 aromatic heterocycles. The molecule has 13 heavy (non-hydrogen) atoms. The van der Waals surface area contributed by atoms with Crippen LogP contribution in [-0.2, 0) is 0 Å². The molecule has 0 saturated carbocycles. The van der Waals surface area contributed by atoms with Crippen LogP contribution in [0.3, 0.4) is 0 Å². The average Bonchev–Trinajstić information content (AvgIpc) is 2.17. The molecule has 70 valence electrons. The number of halogens is 1. The number of nitrogens with zero attached hydrogens (tertiary/aromatic N) is 2. The van der Waals surface area contributed by atoms with Gasteiger partial charge in [0.05, 0.1) is 4.83 Å². The summed E-state index contributed by atoms with van der Waals surface area (Å²) in [6.07, 6.45) is 4.04. The van der Waals surface area contributed by atoms with E-state index in [0.29, 0.717) is 0 Å². The van der Waals surface area contributed by atoms with E-state index < -0.39 is 0 Å². The van der Waals surface area contributed by atoms with Gasteiger partial charge in [-0.3, -0.25) is 4.79 Å². The maximum atomic E-state index is 11.5. The summed E-state index contributed by atoms with van der Waals surface area (Å²) in [7, 11) is 0. The number of aromatic nitrogens is 2. The predicted octanol–water partition coefficient (Wildman–Crippen LogP) is 2.14. The molecule has 1 rings (SSSR count). The van der Waals surface area contributed by atoms with E-state index in [2.05, 4.69) is 25.9 Å². The summed E-state index contributed by atoms with van der Waals surface area (Å²) < 4.78 is 0. The van der Waals surface area contributed by atoms with Gasteiger partial charge in [0.25, 0.3) is 0 Å².